The summed E-state index contributed by atoms with van der Waals surface area (Å²) in [6.45, 7) is 6.08. The molecule has 0 bridgehead atoms. The maximum Gasteiger partial charge on any atom is 0.416 e. The van der Waals surface area contributed by atoms with Gasteiger partial charge in [0.1, 0.15) is 17.5 Å². The summed E-state index contributed by atoms with van der Waals surface area (Å²) in [5, 5.41) is 0. The highest BCUT2D eigenvalue weighted by molar-refractivity contribution is 5.68. The number of rotatable bonds is 2. The highest BCUT2D eigenvalue weighted by atomic mass is 19.4. The van der Waals surface area contributed by atoms with Crippen LogP contribution in [0.3, 0.4) is 0 Å². The Hall–Kier alpha value is -1.92. The number of likely N-dealkylation sites (tertiary alicyclic amines) is 1. The van der Waals surface area contributed by atoms with E-state index in [9.17, 15) is 18.0 Å². The van der Waals surface area contributed by atoms with Crippen molar-refractivity contribution in [2.75, 3.05) is 13.1 Å². The van der Waals surface area contributed by atoms with Crippen molar-refractivity contribution in [3.63, 3.8) is 0 Å². The quantitative estimate of drug-likeness (QED) is 0.819. The van der Waals surface area contributed by atoms with Crippen LogP contribution < -0.4 is 4.74 Å². The van der Waals surface area contributed by atoms with Crippen LogP contribution in [0.1, 0.15) is 32.8 Å². The number of hydrogen-bond acceptors (Lipinski definition) is 3. The van der Waals surface area contributed by atoms with Gasteiger partial charge in [0.05, 0.1) is 12.1 Å². The second kappa shape index (κ2) is 6.29. The molecule has 0 unspecified atom stereocenters. The SMILES string of the molecule is CC(C)(C)OC(=O)N1CC[C@@H](Oc2cccc(C(F)(F)F)c2)C1. The average Bonchev–Trinajstić information content (AvgIpc) is 2.85. The second-order valence-corrected chi connectivity index (χ2v) is 6.48. The van der Waals surface area contributed by atoms with Crippen molar-refractivity contribution in [2.45, 2.75) is 45.1 Å². The van der Waals surface area contributed by atoms with E-state index < -0.39 is 23.4 Å². The Morgan fingerprint density at radius 3 is 2.57 bits per heavy atom. The molecule has 0 N–H and O–H groups in total. The molecule has 1 aromatic carbocycles. The number of carbonyl (C=O) groups excluding carboxylic acids is 1. The van der Waals surface area contributed by atoms with E-state index in [-0.39, 0.29) is 11.9 Å². The first-order valence-electron chi connectivity index (χ1n) is 7.36. The lowest BCUT2D eigenvalue weighted by Gasteiger charge is -2.24. The van der Waals surface area contributed by atoms with E-state index in [1.807, 2.05) is 0 Å². The minimum atomic E-state index is -4.41. The van der Waals surface area contributed by atoms with Crippen molar-refractivity contribution >= 4 is 6.09 Å². The van der Waals surface area contributed by atoms with E-state index in [0.717, 1.165) is 12.1 Å². The van der Waals surface area contributed by atoms with E-state index in [2.05, 4.69) is 0 Å². The summed E-state index contributed by atoms with van der Waals surface area (Å²) in [6, 6.07) is 4.74. The normalized spacial score (nSPS) is 18.9. The first-order chi connectivity index (χ1) is 10.5. The first-order valence-corrected chi connectivity index (χ1v) is 7.36. The van der Waals surface area contributed by atoms with Gasteiger partial charge in [-0.1, -0.05) is 6.07 Å². The van der Waals surface area contributed by atoms with E-state index in [1.54, 1.807) is 20.8 Å². The van der Waals surface area contributed by atoms with Crippen LogP contribution in [0.25, 0.3) is 0 Å². The summed E-state index contributed by atoms with van der Waals surface area (Å²) in [5.74, 6) is 0.149. The molecule has 23 heavy (non-hydrogen) atoms. The Kier molecular flexibility index (Phi) is 4.77. The number of hydrogen-bond donors (Lipinski definition) is 0. The van der Waals surface area contributed by atoms with Gasteiger partial charge in [-0.05, 0) is 39.0 Å². The summed E-state index contributed by atoms with van der Waals surface area (Å²) in [7, 11) is 0. The second-order valence-electron chi connectivity index (χ2n) is 6.48. The number of benzene rings is 1. The molecule has 0 spiro atoms. The van der Waals surface area contributed by atoms with Gasteiger partial charge in [0, 0.05) is 13.0 Å². The Labute approximate surface area is 133 Å². The molecule has 0 radical (unpaired) electrons. The molecular formula is C16H20F3NO3. The van der Waals surface area contributed by atoms with Crippen LogP contribution in [0.2, 0.25) is 0 Å². The monoisotopic (exact) mass is 331 g/mol. The van der Waals surface area contributed by atoms with Crippen molar-refractivity contribution < 1.29 is 27.4 Å². The summed E-state index contributed by atoms with van der Waals surface area (Å²) in [5.41, 5.74) is -1.34. The zero-order valence-electron chi connectivity index (χ0n) is 13.3. The lowest BCUT2D eigenvalue weighted by atomic mass is 10.2. The zero-order chi connectivity index (χ0) is 17.3. The number of alkyl halides is 3. The Balaban J connectivity index is 1.95. The van der Waals surface area contributed by atoms with Crippen LogP contribution >= 0.6 is 0 Å². The number of ether oxygens (including phenoxy) is 2. The molecular weight excluding hydrogens is 311 g/mol. The third-order valence-electron chi connectivity index (χ3n) is 3.26. The molecule has 1 heterocycles. The minimum absolute atomic E-state index is 0.149. The molecule has 0 aliphatic carbocycles. The zero-order valence-corrected chi connectivity index (χ0v) is 13.3. The fraction of sp³-hybridized carbons (Fsp3) is 0.562. The summed E-state index contributed by atoms with van der Waals surface area (Å²) >= 11 is 0. The van der Waals surface area contributed by atoms with Crippen LogP contribution in [-0.4, -0.2) is 35.8 Å². The third kappa shape index (κ3) is 5.04. The highest BCUT2D eigenvalue weighted by Crippen LogP contribution is 2.32. The predicted molar refractivity (Wildman–Crippen MR) is 78.3 cm³/mol. The van der Waals surface area contributed by atoms with Crippen LogP contribution in [0.5, 0.6) is 5.75 Å². The van der Waals surface area contributed by atoms with Crippen molar-refractivity contribution in [1.29, 1.82) is 0 Å². The Morgan fingerprint density at radius 2 is 1.96 bits per heavy atom. The van der Waals surface area contributed by atoms with Crippen molar-refractivity contribution in [1.82, 2.24) is 4.90 Å². The lowest BCUT2D eigenvalue weighted by Crippen LogP contribution is -2.36. The van der Waals surface area contributed by atoms with E-state index in [0.29, 0.717) is 19.5 Å². The summed E-state index contributed by atoms with van der Waals surface area (Å²) in [6.07, 6.45) is -4.63. The molecule has 1 atom stereocenters. The van der Waals surface area contributed by atoms with Gasteiger partial charge < -0.3 is 14.4 Å². The van der Waals surface area contributed by atoms with Gasteiger partial charge in [-0.3, -0.25) is 0 Å². The van der Waals surface area contributed by atoms with Crippen molar-refractivity contribution in [3.05, 3.63) is 29.8 Å². The first kappa shape index (κ1) is 17.4. The molecule has 4 nitrogen and oxygen atoms in total. The fourth-order valence-corrected chi connectivity index (χ4v) is 2.25. The van der Waals surface area contributed by atoms with Gasteiger partial charge in [0.25, 0.3) is 0 Å². The van der Waals surface area contributed by atoms with E-state index in [1.165, 1.54) is 17.0 Å². The largest absolute Gasteiger partial charge is 0.489 e. The molecule has 1 aliphatic heterocycles. The van der Waals surface area contributed by atoms with Gasteiger partial charge in [0.15, 0.2) is 0 Å². The van der Waals surface area contributed by atoms with Crippen LogP contribution in [0.15, 0.2) is 24.3 Å². The molecule has 7 heteroatoms. The molecule has 0 aromatic heterocycles. The fourth-order valence-electron chi connectivity index (χ4n) is 2.25. The topological polar surface area (TPSA) is 38.8 Å². The summed E-state index contributed by atoms with van der Waals surface area (Å²) in [4.78, 5) is 13.4. The van der Waals surface area contributed by atoms with Gasteiger partial charge in [-0.15, -0.1) is 0 Å². The summed E-state index contributed by atoms with van der Waals surface area (Å²) < 4.78 is 48.9. The number of amides is 1. The molecule has 128 valence electrons. The number of nitrogens with zero attached hydrogens (tertiary/aromatic N) is 1. The minimum Gasteiger partial charge on any atom is -0.489 e. The van der Waals surface area contributed by atoms with E-state index >= 15 is 0 Å². The lowest BCUT2D eigenvalue weighted by molar-refractivity contribution is -0.137. The highest BCUT2D eigenvalue weighted by Gasteiger charge is 2.33. The van der Waals surface area contributed by atoms with Crippen LogP contribution in [-0.2, 0) is 10.9 Å². The Morgan fingerprint density at radius 1 is 1.26 bits per heavy atom. The van der Waals surface area contributed by atoms with Crippen LogP contribution in [0, 0.1) is 0 Å². The molecule has 1 aliphatic rings. The molecule has 1 saturated heterocycles. The van der Waals surface area contributed by atoms with Gasteiger partial charge in [-0.25, -0.2) is 4.79 Å². The maximum atomic E-state index is 12.7. The van der Waals surface area contributed by atoms with Crippen LogP contribution in [0.4, 0.5) is 18.0 Å². The van der Waals surface area contributed by atoms with Crippen molar-refractivity contribution in [2.24, 2.45) is 0 Å². The van der Waals surface area contributed by atoms with Crippen molar-refractivity contribution in [3.8, 4) is 5.75 Å². The molecule has 1 aromatic rings. The Bertz CT molecular complexity index is 566. The van der Waals surface area contributed by atoms with E-state index in [4.69, 9.17) is 9.47 Å². The molecule has 1 amide bonds. The predicted octanol–water partition coefficient (Wildman–Crippen LogP) is 4.09. The number of carbonyl (C=O) groups is 1. The molecule has 1 fully saturated rings. The molecule has 0 saturated carbocycles. The van der Waals surface area contributed by atoms with Gasteiger partial charge >= 0.3 is 12.3 Å². The maximum absolute atomic E-state index is 12.7. The smallest absolute Gasteiger partial charge is 0.416 e. The average molecular weight is 331 g/mol. The number of halogens is 3. The van der Waals surface area contributed by atoms with Gasteiger partial charge in [0.2, 0.25) is 0 Å². The standard InChI is InChI=1S/C16H20F3NO3/c1-15(2,3)23-14(21)20-8-7-13(10-20)22-12-6-4-5-11(9-12)16(17,18)19/h4-6,9,13H,7-8,10H2,1-3H3/t13-/m1/s1. The molecule has 2 rings (SSSR count). The van der Waals surface area contributed by atoms with Gasteiger partial charge in [-0.2, -0.15) is 13.2 Å². The third-order valence-corrected chi connectivity index (χ3v) is 3.26.